The quantitative estimate of drug-likeness (QED) is 0.773. The maximum Gasteiger partial charge on any atom is 0.170 e. The maximum absolute atomic E-state index is 5.65. The zero-order chi connectivity index (χ0) is 14.3. The smallest absolute Gasteiger partial charge is 0.170 e. The Morgan fingerprint density at radius 2 is 2.05 bits per heavy atom. The van der Waals surface area contributed by atoms with Gasteiger partial charge in [-0.05, 0) is 51.5 Å². The molecule has 2 N–H and O–H groups in total. The molecular weight excluding hydrogens is 256 g/mol. The Labute approximate surface area is 121 Å². The summed E-state index contributed by atoms with van der Waals surface area (Å²) in [7, 11) is 0. The summed E-state index contributed by atoms with van der Waals surface area (Å²) in [5.41, 5.74) is 0.944. The van der Waals surface area contributed by atoms with Crippen molar-refractivity contribution in [2.24, 2.45) is 0 Å². The molecule has 0 aliphatic carbocycles. The molecule has 4 heteroatoms. The van der Waals surface area contributed by atoms with E-state index in [1.807, 2.05) is 38.1 Å². The lowest BCUT2D eigenvalue weighted by molar-refractivity contribution is 0.242. The number of thiocarbonyl (C=S) groups is 1. The summed E-state index contributed by atoms with van der Waals surface area (Å²) in [5, 5.41) is 7.11. The second-order valence-electron chi connectivity index (χ2n) is 4.98. The van der Waals surface area contributed by atoms with E-state index in [0.29, 0.717) is 11.2 Å². The van der Waals surface area contributed by atoms with Gasteiger partial charge in [0.1, 0.15) is 5.75 Å². The molecule has 0 radical (unpaired) electrons. The van der Waals surface area contributed by atoms with Crippen molar-refractivity contribution in [2.45, 2.75) is 52.7 Å². The van der Waals surface area contributed by atoms with Gasteiger partial charge in [-0.15, -0.1) is 0 Å². The highest BCUT2D eigenvalue weighted by Crippen LogP contribution is 2.18. The van der Waals surface area contributed by atoms with Crippen LogP contribution in [-0.2, 0) is 0 Å². The minimum Gasteiger partial charge on any atom is -0.491 e. The van der Waals surface area contributed by atoms with Gasteiger partial charge >= 0.3 is 0 Å². The van der Waals surface area contributed by atoms with Gasteiger partial charge in [0.2, 0.25) is 0 Å². The van der Waals surface area contributed by atoms with Crippen LogP contribution >= 0.6 is 12.2 Å². The van der Waals surface area contributed by atoms with Crippen LogP contribution in [0.2, 0.25) is 0 Å². The second-order valence-corrected chi connectivity index (χ2v) is 5.39. The predicted molar refractivity (Wildman–Crippen MR) is 85.9 cm³/mol. The van der Waals surface area contributed by atoms with Crippen LogP contribution in [0.25, 0.3) is 0 Å². The highest BCUT2D eigenvalue weighted by molar-refractivity contribution is 7.80. The molecule has 0 saturated heterocycles. The van der Waals surface area contributed by atoms with E-state index < -0.39 is 0 Å². The SMILES string of the molecule is CCCC(C)NC(=S)Nc1cccc(OC(C)C)c1. The number of rotatable bonds is 6. The van der Waals surface area contributed by atoms with Crippen molar-refractivity contribution < 1.29 is 4.74 Å². The lowest BCUT2D eigenvalue weighted by Crippen LogP contribution is -2.35. The van der Waals surface area contributed by atoms with Crippen LogP contribution in [0.4, 0.5) is 5.69 Å². The maximum atomic E-state index is 5.65. The molecule has 1 unspecified atom stereocenters. The van der Waals surface area contributed by atoms with Crippen LogP contribution in [0.5, 0.6) is 5.75 Å². The van der Waals surface area contributed by atoms with Gasteiger partial charge in [-0.2, -0.15) is 0 Å². The van der Waals surface area contributed by atoms with E-state index in [9.17, 15) is 0 Å². The first-order chi connectivity index (χ1) is 9.01. The Hall–Kier alpha value is -1.29. The van der Waals surface area contributed by atoms with E-state index in [2.05, 4.69) is 24.5 Å². The van der Waals surface area contributed by atoms with Gasteiger partial charge in [0.05, 0.1) is 6.10 Å². The Morgan fingerprint density at radius 1 is 1.32 bits per heavy atom. The van der Waals surface area contributed by atoms with Crippen LogP contribution in [0.15, 0.2) is 24.3 Å². The molecule has 1 atom stereocenters. The predicted octanol–water partition coefficient (Wildman–Crippen LogP) is 3.95. The van der Waals surface area contributed by atoms with E-state index in [-0.39, 0.29) is 6.10 Å². The number of nitrogens with one attached hydrogen (secondary N) is 2. The van der Waals surface area contributed by atoms with Crippen molar-refractivity contribution in [3.05, 3.63) is 24.3 Å². The van der Waals surface area contributed by atoms with Crippen molar-refractivity contribution in [1.29, 1.82) is 0 Å². The van der Waals surface area contributed by atoms with Crippen molar-refractivity contribution in [2.75, 3.05) is 5.32 Å². The summed E-state index contributed by atoms with van der Waals surface area (Å²) in [4.78, 5) is 0. The molecule has 1 aromatic rings. The van der Waals surface area contributed by atoms with Crippen LogP contribution in [0.3, 0.4) is 0 Å². The van der Waals surface area contributed by atoms with Gasteiger partial charge in [-0.25, -0.2) is 0 Å². The van der Waals surface area contributed by atoms with Gasteiger partial charge in [-0.1, -0.05) is 19.4 Å². The molecule has 0 spiro atoms. The third-order valence-corrected chi connectivity index (χ3v) is 2.78. The first-order valence-corrected chi connectivity index (χ1v) is 7.26. The molecule has 0 aliphatic rings. The fourth-order valence-corrected chi connectivity index (χ4v) is 2.13. The second kappa shape index (κ2) is 8.00. The van der Waals surface area contributed by atoms with E-state index >= 15 is 0 Å². The molecule has 0 amide bonds. The molecule has 1 rings (SSSR count). The summed E-state index contributed by atoms with van der Waals surface area (Å²) < 4.78 is 5.65. The van der Waals surface area contributed by atoms with Gasteiger partial charge in [-0.3, -0.25) is 0 Å². The van der Waals surface area contributed by atoms with E-state index in [1.165, 1.54) is 0 Å². The number of ether oxygens (including phenoxy) is 1. The molecular formula is C15H24N2OS. The molecule has 0 aromatic heterocycles. The Morgan fingerprint density at radius 3 is 2.68 bits per heavy atom. The molecule has 0 fully saturated rings. The minimum atomic E-state index is 0.171. The molecule has 0 saturated carbocycles. The number of anilines is 1. The first-order valence-electron chi connectivity index (χ1n) is 6.85. The summed E-state index contributed by atoms with van der Waals surface area (Å²) >= 11 is 5.29. The minimum absolute atomic E-state index is 0.171. The van der Waals surface area contributed by atoms with Gasteiger partial charge in [0.15, 0.2) is 5.11 Å². The molecule has 106 valence electrons. The van der Waals surface area contributed by atoms with Crippen LogP contribution in [0.1, 0.15) is 40.5 Å². The van der Waals surface area contributed by atoms with Crippen molar-refractivity contribution in [1.82, 2.24) is 5.32 Å². The van der Waals surface area contributed by atoms with Crippen molar-refractivity contribution in [3.8, 4) is 5.75 Å². The Bertz CT molecular complexity index is 407. The average Bonchev–Trinajstić information content (AvgIpc) is 2.28. The third kappa shape index (κ3) is 6.43. The first kappa shape index (κ1) is 15.8. The lowest BCUT2D eigenvalue weighted by atomic mass is 10.2. The zero-order valence-electron chi connectivity index (χ0n) is 12.2. The highest BCUT2D eigenvalue weighted by atomic mass is 32.1. The monoisotopic (exact) mass is 280 g/mol. The van der Waals surface area contributed by atoms with E-state index in [0.717, 1.165) is 24.3 Å². The Kier molecular flexibility index (Phi) is 6.64. The van der Waals surface area contributed by atoms with Gasteiger partial charge < -0.3 is 15.4 Å². The standard InChI is InChI=1S/C15H24N2OS/c1-5-7-12(4)16-15(19)17-13-8-6-9-14(10-13)18-11(2)3/h6,8-12H,5,7H2,1-4H3,(H2,16,17,19). The largest absolute Gasteiger partial charge is 0.491 e. The summed E-state index contributed by atoms with van der Waals surface area (Å²) in [6.45, 7) is 8.33. The van der Waals surface area contributed by atoms with E-state index in [1.54, 1.807) is 0 Å². The molecule has 0 heterocycles. The molecule has 0 bridgehead atoms. The fraction of sp³-hybridized carbons (Fsp3) is 0.533. The number of benzene rings is 1. The normalized spacial score (nSPS) is 12.1. The van der Waals surface area contributed by atoms with Crippen molar-refractivity contribution in [3.63, 3.8) is 0 Å². The Balaban J connectivity index is 2.54. The lowest BCUT2D eigenvalue weighted by Gasteiger charge is -2.17. The zero-order valence-corrected chi connectivity index (χ0v) is 13.0. The summed E-state index contributed by atoms with van der Waals surface area (Å²) in [6.07, 6.45) is 2.43. The fourth-order valence-electron chi connectivity index (χ4n) is 1.82. The molecule has 3 nitrogen and oxygen atoms in total. The van der Waals surface area contributed by atoms with Crippen LogP contribution in [-0.4, -0.2) is 17.3 Å². The summed E-state index contributed by atoms with van der Waals surface area (Å²) in [6, 6.07) is 8.23. The van der Waals surface area contributed by atoms with E-state index in [4.69, 9.17) is 17.0 Å². The molecule has 1 aromatic carbocycles. The third-order valence-electron chi connectivity index (χ3n) is 2.56. The van der Waals surface area contributed by atoms with Gasteiger partial charge in [0.25, 0.3) is 0 Å². The average molecular weight is 280 g/mol. The van der Waals surface area contributed by atoms with Crippen LogP contribution < -0.4 is 15.4 Å². The molecule has 0 aliphatic heterocycles. The van der Waals surface area contributed by atoms with Crippen molar-refractivity contribution >= 4 is 23.0 Å². The summed E-state index contributed by atoms with van der Waals surface area (Å²) in [5.74, 6) is 0.851. The van der Waals surface area contributed by atoms with Crippen LogP contribution in [0, 0.1) is 0 Å². The highest BCUT2D eigenvalue weighted by Gasteiger charge is 2.04. The van der Waals surface area contributed by atoms with Gasteiger partial charge in [0, 0.05) is 17.8 Å². The molecule has 19 heavy (non-hydrogen) atoms. The number of hydrogen-bond donors (Lipinski definition) is 2. The topological polar surface area (TPSA) is 33.3 Å². The number of hydrogen-bond acceptors (Lipinski definition) is 2.